The Bertz CT molecular complexity index is 389. The number of benzene rings is 1. The maximum Gasteiger partial charge on any atom is 0.124 e. The molecule has 114 valence electrons. The van der Waals surface area contributed by atoms with Crippen molar-refractivity contribution in [2.75, 3.05) is 26.7 Å². The Kier molecular flexibility index (Phi) is 8.03. The summed E-state index contributed by atoms with van der Waals surface area (Å²) in [5, 5.41) is 3.22. The summed E-state index contributed by atoms with van der Waals surface area (Å²) in [5.41, 5.74) is 1.06. The van der Waals surface area contributed by atoms with Gasteiger partial charge in [-0.2, -0.15) is 0 Å². The largest absolute Gasteiger partial charge is 0.320 e. The number of nitrogens with zero attached hydrogens (tertiary/aromatic N) is 1. The van der Waals surface area contributed by atoms with Gasteiger partial charge in [0.15, 0.2) is 0 Å². The van der Waals surface area contributed by atoms with Gasteiger partial charge >= 0.3 is 0 Å². The molecule has 1 fully saturated rings. The molecule has 1 aliphatic rings. The van der Waals surface area contributed by atoms with E-state index in [0.717, 1.165) is 42.1 Å². The van der Waals surface area contributed by atoms with E-state index in [-0.39, 0.29) is 18.2 Å². The number of hydrogen-bond donors (Lipinski definition) is 1. The molecule has 0 unspecified atom stereocenters. The lowest BCUT2D eigenvalue weighted by atomic mass is 9.93. The first-order valence-corrected chi connectivity index (χ1v) is 7.78. The van der Waals surface area contributed by atoms with Crippen molar-refractivity contribution in [2.24, 2.45) is 5.92 Å². The van der Waals surface area contributed by atoms with Crippen LogP contribution in [0, 0.1) is 11.7 Å². The molecule has 20 heavy (non-hydrogen) atoms. The Morgan fingerprint density at radius 3 is 2.60 bits per heavy atom. The normalized spacial score (nSPS) is 16.9. The van der Waals surface area contributed by atoms with Crippen LogP contribution < -0.4 is 5.32 Å². The third-order valence-electron chi connectivity index (χ3n) is 3.84. The zero-order valence-electron chi connectivity index (χ0n) is 11.9. The molecule has 0 aliphatic carbocycles. The quantitative estimate of drug-likeness (QED) is 0.853. The van der Waals surface area contributed by atoms with Crippen molar-refractivity contribution in [3.05, 3.63) is 34.1 Å². The zero-order chi connectivity index (χ0) is 13.7. The monoisotopic (exact) mass is 364 g/mol. The summed E-state index contributed by atoms with van der Waals surface area (Å²) >= 11 is 3.35. The number of halogens is 3. The topological polar surface area (TPSA) is 15.3 Å². The van der Waals surface area contributed by atoms with Gasteiger partial charge in [0.25, 0.3) is 0 Å². The van der Waals surface area contributed by atoms with E-state index in [9.17, 15) is 4.39 Å². The molecule has 1 aliphatic heterocycles. The lowest BCUT2D eigenvalue weighted by Gasteiger charge is -2.32. The molecule has 0 amide bonds. The second-order valence-electron chi connectivity index (χ2n) is 5.39. The molecule has 2 rings (SSSR count). The SMILES string of the molecule is CNCCC1CCN(Cc2cc(F)cc(Br)c2)CC1.Cl. The van der Waals surface area contributed by atoms with Crippen LogP contribution in [0.5, 0.6) is 0 Å². The molecule has 0 radical (unpaired) electrons. The van der Waals surface area contributed by atoms with E-state index in [1.807, 2.05) is 13.1 Å². The summed E-state index contributed by atoms with van der Waals surface area (Å²) in [4.78, 5) is 2.43. The summed E-state index contributed by atoms with van der Waals surface area (Å²) in [5.74, 6) is 0.691. The molecule has 2 nitrogen and oxygen atoms in total. The molecule has 0 spiro atoms. The standard InChI is InChI=1S/C15H22BrFN2.ClH/c1-18-5-2-12-3-6-19(7-4-12)11-13-8-14(16)10-15(17)9-13;/h8-10,12,18H,2-7,11H2,1H3;1H. The van der Waals surface area contributed by atoms with Crippen LogP contribution in [0.1, 0.15) is 24.8 Å². The second-order valence-corrected chi connectivity index (χ2v) is 6.31. The minimum Gasteiger partial charge on any atom is -0.320 e. The van der Waals surface area contributed by atoms with Gasteiger partial charge < -0.3 is 5.32 Å². The summed E-state index contributed by atoms with van der Waals surface area (Å²) in [6.45, 7) is 4.22. The molecular weight excluding hydrogens is 343 g/mol. The minimum absolute atomic E-state index is 0. The van der Waals surface area contributed by atoms with Crippen molar-refractivity contribution in [1.29, 1.82) is 0 Å². The molecular formula is C15H23BrClFN2. The van der Waals surface area contributed by atoms with Gasteiger partial charge in [-0.3, -0.25) is 4.90 Å². The maximum atomic E-state index is 13.3. The zero-order valence-corrected chi connectivity index (χ0v) is 14.3. The Labute approximate surface area is 135 Å². The van der Waals surface area contributed by atoms with Crippen LogP contribution in [-0.2, 0) is 6.54 Å². The van der Waals surface area contributed by atoms with Crippen molar-refractivity contribution in [2.45, 2.75) is 25.8 Å². The van der Waals surface area contributed by atoms with Gasteiger partial charge in [0.2, 0.25) is 0 Å². The fourth-order valence-corrected chi connectivity index (χ4v) is 3.25. The van der Waals surface area contributed by atoms with Crippen LogP contribution >= 0.6 is 28.3 Å². The minimum atomic E-state index is -0.159. The predicted molar refractivity (Wildman–Crippen MR) is 87.9 cm³/mol. The van der Waals surface area contributed by atoms with E-state index < -0.39 is 0 Å². The number of nitrogens with one attached hydrogen (secondary N) is 1. The van der Waals surface area contributed by atoms with Crippen molar-refractivity contribution >= 4 is 28.3 Å². The highest BCUT2D eigenvalue weighted by atomic mass is 79.9. The smallest absolute Gasteiger partial charge is 0.124 e. The van der Waals surface area contributed by atoms with E-state index in [4.69, 9.17) is 0 Å². The highest BCUT2D eigenvalue weighted by Gasteiger charge is 2.18. The van der Waals surface area contributed by atoms with Gasteiger partial charge in [-0.05, 0) is 75.6 Å². The van der Waals surface area contributed by atoms with E-state index in [0.29, 0.717) is 0 Å². The Balaban J connectivity index is 0.00000200. The number of hydrogen-bond acceptors (Lipinski definition) is 2. The van der Waals surface area contributed by atoms with Crippen LogP contribution in [0.2, 0.25) is 0 Å². The van der Waals surface area contributed by atoms with E-state index in [1.54, 1.807) is 6.07 Å². The van der Waals surface area contributed by atoms with Crippen molar-refractivity contribution in [3.63, 3.8) is 0 Å². The van der Waals surface area contributed by atoms with Crippen LogP contribution in [0.4, 0.5) is 4.39 Å². The second kappa shape index (κ2) is 8.98. The average Bonchev–Trinajstić information content (AvgIpc) is 2.37. The van der Waals surface area contributed by atoms with Gasteiger partial charge in [-0.1, -0.05) is 15.9 Å². The first kappa shape index (κ1) is 17.9. The molecule has 1 saturated heterocycles. The van der Waals surface area contributed by atoms with Crippen LogP contribution in [-0.4, -0.2) is 31.6 Å². The number of rotatable bonds is 5. The van der Waals surface area contributed by atoms with Crippen molar-refractivity contribution < 1.29 is 4.39 Å². The van der Waals surface area contributed by atoms with Crippen molar-refractivity contribution in [1.82, 2.24) is 10.2 Å². The highest BCUT2D eigenvalue weighted by Crippen LogP contribution is 2.22. The molecule has 0 saturated carbocycles. The molecule has 1 aromatic carbocycles. The van der Waals surface area contributed by atoms with Crippen molar-refractivity contribution in [3.8, 4) is 0 Å². The fraction of sp³-hybridized carbons (Fsp3) is 0.600. The third kappa shape index (κ3) is 5.68. The Hall–Kier alpha value is -0.160. The molecule has 0 atom stereocenters. The van der Waals surface area contributed by atoms with Crippen LogP contribution in [0.3, 0.4) is 0 Å². The number of likely N-dealkylation sites (tertiary alicyclic amines) is 1. The van der Waals surface area contributed by atoms with E-state index >= 15 is 0 Å². The van der Waals surface area contributed by atoms with Crippen LogP contribution in [0.15, 0.2) is 22.7 Å². The van der Waals surface area contributed by atoms with Gasteiger partial charge in [0.05, 0.1) is 0 Å². The number of piperidine rings is 1. The van der Waals surface area contributed by atoms with E-state index in [1.165, 1.54) is 25.3 Å². The lowest BCUT2D eigenvalue weighted by Crippen LogP contribution is -2.34. The summed E-state index contributed by atoms with van der Waals surface area (Å²) in [7, 11) is 2.01. The van der Waals surface area contributed by atoms with Gasteiger partial charge in [-0.25, -0.2) is 4.39 Å². The first-order chi connectivity index (χ1) is 9.17. The molecule has 0 bridgehead atoms. The van der Waals surface area contributed by atoms with Gasteiger partial charge in [-0.15, -0.1) is 12.4 Å². The molecule has 0 aromatic heterocycles. The van der Waals surface area contributed by atoms with E-state index in [2.05, 4.69) is 26.1 Å². The van der Waals surface area contributed by atoms with Gasteiger partial charge in [0, 0.05) is 11.0 Å². The molecule has 1 N–H and O–H groups in total. The first-order valence-electron chi connectivity index (χ1n) is 6.99. The lowest BCUT2D eigenvalue weighted by molar-refractivity contribution is 0.172. The average molecular weight is 366 g/mol. The molecule has 5 heteroatoms. The van der Waals surface area contributed by atoms with Gasteiger partial charge in [0.1, 0.15) is 5.82 Å². The predicted octanol–water partition coefficient (Wildman–Crippen LogP) is 3.83. The third-order valence-corrected chi connectivity index (χ3v) is 4.30. The summed E-state index contributed by atoms with van der Waals surface area (Å²) in [6.07, 6.45) is 3.80. The summed E-state index contributed by atoms with van der Waals surface area (Å²) < 4.78 is 14.2. The van der Waals surface area contributed by atoms with Crippen LogP contribution in [0.25, 0.3) is 0 Å². The maximum absolute atomic E-state index is 13.3. The highest BCUT2D eigenvalue weighted by molar-refractivity contribution is 9.10. The molecule has 1 aromatic rings. The summed E-state index contributed by atoms with van der Waals surface area (Å²) in [6, 6.07) is 5.15. The molecule has 1 heterocycles. The Morgan fingerprint density at radius 2 is 2.00 bits per heavy atom. The fourth-order valence-electron chi connectivity index (χ4n) is 2.74. The Morgan fingerprint density at radius 1 is 1.30 bits per heavy atom.